The van der Waals surface area contributed by atoms with Gasteiger partial charge in [-0.3, -0.25) is 4.79 Å². The number of amides is 1. The van der Waals surface area contributed by atoms with Gasteiger partial charge in [-0.1, -0.05) is 18.2 Å². The van der Waals surface area contributed by atoms with Crippen molar-refractivity contribution in [3.63, 3.8) is 0 Å². The van der Waals surface area contributed by atoms with Crippen LogP contribution in [0.1, 0.15) is 6.42 Å². The molecule has 4 N–H and O–H groups in total. The molecule has 2 rings (SSSR count). The minimum Gasteiger partial charge on any atom is -0.384 e. The molecular formula is C16H21ClN4O3S2. The van der Waals surface area contributed by atoms with Gasteiger partial charge in [-0.25, -0.2) is 13.4 Å². The minimum absolute atomic E-state index is 0. The van der Waals surface area contributed by atoms with Gasteiger partial charge >= 0.3 is 0 Å². The van der Waals surface area contributed by atoms with E-state index >= 15 is 0 Å². The molecule has 1 amide bonds. The molecule has 0 saturated heterocycles. The van der Waals surface area contributed by atoms with E-state index in [0.29, 0.717) is 23.7 Å². The Labute approximate surface area is 163 Å². The monoisotopic (exact) mass is 416 g/mol. The number of hydrogen-bond acceptors (Lipinski definition) is 6. The summed E-state index contributed by atoms with van der Waals surface area (Å²) in [5, 5.41) is 2.66. The molecule has 1 atom stereocenters. The van der Waals surface area contributed by atoms with E-state index in [1.165, 1.54) is 30.1 Å². The summed E-state index contributed by atoms with van der Waals surface area (Å²) in [7, 11) is -3.79. The first-order chi connectivity index (χ1) is 11.9. The van der Waals surface area contributed by atoms with Crippen LogP contribution in [0.4, 0.5) is 11.5 Å². The van der Waals surface area contributed by atoms with Crippen LogP contribution in [0.15, 0.2) is 53.6 Å². The summed E-state index contributed by atoms with van der Waals surface area (Å²) >= 11 is 1.53. The fraction of sp³-hybridized carbons (Fsp3) is 0.250. The van der Waals surface area contributed by atoms with E-state index < -0.39 is 22.0 Å². The maximum Gasteiger partial charge on any atom is 0.242 e. The molecule has 1 aromatic carbocycles. The Morgan fingerprint density at radius 1 is 1.23 bits per heavy atom. The molecule has 1 unspecified atom stereocenters. The van der Waals surface area contributed by atoms with Gasteiger partial charge in [-0.2, -0.15) is 16.5 Å². The molecule has 0 fully saturated rings. The molecule has 0 radical (unpaired) electrons. The van der Waals surface area contributed by atoms with Crippen LogP contribution in [0, 0.1) is 0 Å². The Kier molecular flexibility index (Phi) is 8.86. The number of carbonyl (C=O) groups excluding carboxylic acids is 1. The number of aromatic nitrogens is 1. The highest BCUT2D eigenvalue weighted by Crippen LogP contribution is 2.13. The summed E-state index contributed by atoms with van der Waals surface area (Å²) in [6.45, 7) is 0. The number of nitrogens with one attached hydrogen (secondary N) is 2. The predicted octanol–water partition coefficient (Wildman–Crippen LogP) is 2.12. The molecule has 7 nitrogen and oxygen atoms in total. The van der Waals surface area contributed by atoms with Crippen LogP contribution in [0.3, 0.4) is 0 Å². The van der Waals surface area contributed by atoms with Crippen LogP contribution < -0.4 is 15.8 Å². The SMILES string of the molecule is CSCCC(NS(=O)(=O)c1ccccc1)C(=O)Nc1ccc(N)nc1.Cl. The van der Waals surface area contributed by atoms with Crippen LogP contribution in [-0.2, 0) is 14.8 Å². The summed E-state index contributed by atoms with van der Waals surface area (Å²) in [4.78, 5) is 16.5. The van der Waals surface area contributed by atoms with Gasteiger partial charge in [0.2, 0.25) is 15.9 Å². The molecule has 0 saturated carbocycles. The lowest BCUT2D eigenvalue weighted by molar-refractivity contribution is -0.117. The number of carbonyl (C=O) groups is 1. The van der Waals surface area contributed by atoms with Crippen molar-refractivity contribution in [2.45, 2.75) is 17.4 Å². The molecule has 1 heterocycles. The zero-order valence-electron chi connectivity index (χ0n) is 14.1. The van der Waals surface area contributed by atoms with Crippen LogP contribution in [-0.4, -0.2) is 37.4 Å². The summed E-state index contributed by atoms with van der Waals surface area (Å²) in [5.74, 6) is 0.525. The molecule has 10 heteroatoms. The summed E-state index contributed by atoms with van der Waals surface area (Å²) < 4.78 is 27.4. The van der Waals surface area contributed by atoms with Gasteiger partial charge in [0.25, 0.3) is 0 Å². The van der Waals surface area contributed by atoms with Gasteiger partial charge < -0.3 is 11.1 Å². The van der Waals surface area contributed by atoms with Gasteiger partial charge in [-0.05, 0) is 42.7 Å². The van der Waals surface area contributed by atoms with Crippen LogP contribution in [0.5, 0.6) is 0 Å². The fourth-order valence-corrected chi connectivity index (χ4v) is 3.77. The van der Waals surface area contributed by atoms with Crippen LogP contribution in [0.25, 0.3) is 0 Å². The number of halogens is 1. The van der Waals surface area contributed by atoms with Crippen LogP contribution in [0.2, 0.25) is 0 Å². The van der Waals surface area contributed by atoms with Crippen molar-refractivity contribution in [2.75, 3.05) is 23.1 Å². The van der Waals surface area contributed by atoms with Gasteiger partial charge in [0.05, 0.1) is 16.8 Å². The van der Waals surface area contributed by atoms with E-state index in [9.17, 15) is 13.2 Å². The third-order valence-corrected chi connectivity index (χ3v) is 5.46. The maximum atomic E-state index is 12.5. The molecule has 26 heavy (non-hydrogen) atoms. The number of benzene rings is 1. The van der Waals surface area contributed by atoms with Crippen molar-refractivity contribution in [2.24, 2.45) is 0 Å². The quantitative estimate of drug-likeness (QED) is 0.607. The molecule has 2 aromatic rings. The first-order valence-corrected chi connectivity index (χ1v) is 10.4. The van der Waals surface area contributed by atoms with E-state index in [-0.39, 0.29) is 17.3 Å². The zero-order valence-corrected chi connectivity index (χ0v) is 16.5. The van der Waals surface area contributed by atoms with Crippen molar-refractivity contribution in [3.8, 4) is 0 Å². The second-order valence-corrected chi connectivity index (χ2v) is 7.93. The smallest absolute Gasteiger partial charge is 0.242 e. The second kappa shape index (κ2) is 10.4. The first kappa shape index (κ1) is 22.2. The average molecular weight is 417 g/mol. The average Bonchev–Trinajstić information content (AvgIpc) is 2.61. The Balaban J connectivity index is 0.00000338. The highest BCUT2D eigenvalue weighted by molar-refractivity contribution is 7.98. The lowest BCUT2D eigenvalue weighted by Gasteiger charge is -2.18. The summed E-state index contributed by atoms with van der Waals surface area (Å²) in [5.41, 5.74) is 5.96. The first-order valence-electron chi connectivity index (χ1n) is 7.51. The van der Waals surface area contributed by atoms with Crippen molar-refractivity contribution < 1.29 is 13.2 Å². The molecule has 142 valence electrons. The van der Waals surface area contributed by atoms with E-state index in [1.54, 1.807) is 30.3 Å². The van der Waals surface area contributed by atoms with Crippen molar-refractivity contribution in [1.82, 2.24) is 9.71 Å². The number of nitrogen functional groups attached to an aromatic ring is 1. The topological polar surface area (TPSA) is 114 Å². The molecule has 0 bridgehead atoms. The third-order valence-electron chi connectivity index (χ3n) is 3.33. The normalized spacial score (nSPS) is 12.0. The number of nitrogens with zero attached hydrogens (tertiary/aromatic N) is 1. The Morgan fingerprint density at radius 2 is 1.92 bits per heavy atom. The van der Waals surface area contributed by atoms with E-state index in [1.807, 2.05) is 6.26 Å². The number of pyridine rings is 1. The molecule has 0 aliphatic rings. The lowest BCUT2D eigenvalue weighted by atomic mass is 10.2. The van der Waals surface area contributed by atoms with Crippen molar-refractivity contribution >= 4 is 51.6 Å². The Bertz CT molecular complexity index is 802. The highest BCUT2D eigenvalue weighted by atomic mass is 35.5. The number of nitrogens with two attached hydrogens (primary N) is 1. The Morgan fingerprint density at radius 3 is 2.50 bits per heavy atom. The number of hydrogen-bond donors (Lipinski definition) is 3. The largest absolute Gasteiger partial charge is 0.384 e. The standard InChI is InChI=1S/C16H20N4O3S2.ClH/c1-24-10-9-14(16(21)19-12-7-8-15(17)18-11-12)20-25(22,23)13-5-3-2-4-6-13;/h2-8,11,14,20H,9-10H2,1H3,(H2,17,18)(H,19,21);1H. The molecular weight excluding hydrogens is 396 g/mol. The van der Waals surface area contributed by atoms with E-state index in [2.05, 4.69) is 15.0 Å². The molecule has 0 aliphatic heterocycles. The van der Waals surface area contributed by atoms with Gasteiger partial charge in [-0.15, -0.1) is 12.4 Å². The minimum atomic E-state index is -3.79. The number of anilines is 2. The lowest BCUT2D eigenvalue weighted by Crippen LogP contribution is -2.44. The molecule has 0 spiro atoms. The molecule has 0 aliphatic carbocycles. The van der Waals surface area contributed by atoms with Gasteiger partial charge in [0.15, 0.2) is 0 Å². The van der Waals surface area contributed by atoms with Crippen molar-refractivity contribution in [3.05, 3.63) is 48.7 Å². The fourth-order valence-electron chi connectivity index (χ4n) is 2.04. The highest BCUT2D eigenvalue weighted by Gasteiger charge is 2.25. The summed E-state index contributed by atoms with van der Waals surface area (Å²) in [6.07, 6.45) is 3.68. The number of thioether (sulfide) groups is 1. The van der Waals surface area contributed by atoms with Gasteiger partial charge in [0.1, 0.15) is 11.9 Å². The Hall–Kier alpha value is -1.81. The predicted molar refractivity (Wildman–Crippen MR) is 108 cm³/mol. The van der Waals surface area contributed by atoms with Crippen molar-refractivity contribution in [1.29, 1.82) is 0 Å². The maximum absolute atomic E-state index is 12.5. The summed E-state index contributed by atoms with van der Waals surface area (Å²) in [6, 6.07) is 10.2. The molecule has 1 aromatic heterocycles. The van der Waals surface area contributed by atoms with E-state index in [0.717, 1.165) is 0 Å². The van der Waals surface area contributed by atoms with Gasteiger partial charge in [0, 0.05) is 0 Å². The third kappa shape index (κ3) is 6.49. The van der Waals surface area contributed by atoms with Crippen LogP contribution >= 0.6 is 24.2 Å². The number of rotatable bonds is 8. The van der Waals surface area contributed by atoms with E-state index in [4.69, 9.17) is 5.73 Å². The number of sulfonamides is 1. The zero-order chi connectivity index (χ0) is 18.3. The second-order valence-electron chi connectivity index (χ2n) is 5.23.